The molecule has 3 aliphatic rings. The van der Waals surface area contributed by atoms with Crippen molar-refractivity contribution in [1.29, 1.82) is 0 Å². The number of allylic oxidation sites excluding steroid dienone is 2. The van der Waals surface area contributed by atoms with Crippen molar-refractivity contribution < 1.29 is 101 Å². The Morgan fingerprint density at radius 1 is 0.639 bits per heavy atom. The number of rotatable bonds is 15. The summed E-state index contributed by atoms with van der Waals surface area (Å²) in [5, 5.41) is 31.7. The van der Waals surface area contributed by atoms with Crippen molar-refractivity contribution in [1.82, 2.24) is 0 Å². The monoisotopic (exact) mass is 864 g/mol. The fourth-order valence-corrected chi connectivity index (χ4v) is 6.88. The van der Waals surface area contributed by atoms with Crippen molar-refractivity contribution >= 4 is 47.4 Å². The number of phenols is 2. The van der Waals surface area contributed by atoms with Crippen LogP contribution in [0, 0.1) is 0 Å². The molecule has 1 aromatic rings. The van der Waals surface area contributed by atoms with E-state index >= 15 is 0 Å². The van der Waals surface area contributed by atoms with Gasteiger partial charge in [0.05, 0.1) is 23.8 Å². The molecule has 21 heteroatoms. The second-order valence-corrected chi connectivity index (χ2v) is 14.3. The Morgan fingerprint density at radius 2 is 1.11 bits per heavy atom. The predicted octanol–water partition coefficient (Wildman–Crippen LogP) is 1.19. The van der Waals surface area contributed by atoms with Gasteiger partial charge >= 0.3 is 35.8 Å². The van der Waals surface area contributed by atoms with Gasteiger partial charge in [-0.2, -0.15) is 0 Å². The van der Waals surface area contributed by atoms with Gasteiger partial charge in [-0.3, -0.25) is 38.4 Å². The average molecular weight is 865 g/mol. The van der Waals surface area contributed by atoms with E-state index in [1.807, 2.05) is 0 Å². The summed E-state index contributed by atoms with van der Waals surface area (Å²) in [6, 6.07) is 2.07. The number of aromatic hydroxyl groups is 2. The van der Waals surface area contributed by atoms with E-state index in [1.165, 1.54) is 0 Å². The van der Waals surface area contributed by atoms with Gasteiger partial charge < -0.3 is 62.7 Å². The molecule has 1 aliphatic carbocycles. The number of phenolic OH excluding ortho intramolecular Hbond substituents is 2. The molecule has 2 fully saturated rings. The quantitative estimate of drug-likeness (QED) is 0.0966. The van der Waals surface area contributed by atoms with Gasteiger partial charge in [0.25, 0.3) is 0 Å². The zero-order chi connectivity index (χ0) is 45.5. The Balaban J connectivity index is 1.82. The van der Waals surface area contributed by atoms with E-state index in [1.54, 1.807) is 19.9 Å². The first kappa shape index (κ1) is 47.9. The summed E-state index contributed by atoms with van der Waals surface area (Å²) in [6.07, 6.45) is -16.3. The highest BCUT2D eigenvalue weighted by Gasteiger charge is 2.58. The summed E-state index contributed by atoms with van der Waals surface area (Å²) >= 11 is 0. The van der Waals surface area contributed by atoms with Crippen molar-refractivity contribution in [3.8, 4) is 11.5 Å². The second-order valence-electron chi connectivity index (χ2n) is 14.3. The standard InChI is InChI=1S/C40H48O21/c1-16(2)9-12-27(23-13-26(50)30-24(48)10-11-25(49)31(30)32(23)51)58-39-37(56-21(7)46)35(54-19(5)44)33(28(14-41)59-39)61-40-38(57-22(8)47)36(55-20(6)45)34(53-18(4)43)29(60-40)15-52-17(3)42/h9-11,13,27-29,33-41,48-49H,12,14-15H2,1-8H3/t27-,28-,29-,33-,34-,35+,36+,37-,38-,39-,40-/m1/s1. The number of hydrogen-bond acceptors (Lipinski definition) is 21. The average Bonchev–Trinajstić information content (AvgIpc) is 3.15. The van der Waals surface area contributed by atoms with Gasteiger partial charge in [0.2, 0.25) is 0 Å². The van der Waals surface area contributed by atoms with E-state index in [-0.39, 0.29) is 12.0 Å². The molecule has 1 aromatic carbocycles. The van der Waals surface area contributed by atoms with Crippen molar-refractivity contribution in [2.45, 2.75) is 129 Å². The number of esters is 6. The highest BCUT2D eigenvalue weighted by atomic mass is 16.8. The Bertz CT molecular complexity index is 1950. The summed E-state index contributed by atoms with van der Waals surface area (Å²) in [7, 11) is 0. The van der Waals surface area contributed by atoms with E-state index in [2.05, 4.69) is 0 Å². The van der Waals surface area contributed by atoms with Crippen LogP contribution < -0.4 is 0 Å². The van der Waals surface area contributed by atoms with Crippen LogP contribution in [-0.4, -0.2) is 143 Å². The van der Waals surface area contributed by atoms with Crippen LogP contribution in [0.1, 0.15) is 82.5 Å². The molecule has 0 bridgehead atoms. The topological polar surface area (TPSA) is 290 Å². The maximum absolute atomic E-state index is 13.9. The molecule has 4 rings (SSSR count). The highest BCUT2D eigenvalue weighted by Crippen LogP contribution is 2.39. The molecule has 61 heavy (non-hydrogen) atoms. The van der Waals surface area contributed by atoms with E-state index < -0.39 is 151 Å². The minimum atomic E-state index is -1.90. The van der Waals surface area contributed by atoms with Crippen LogP contribution in [0.2, 0.25) is 0 Å². The Kier molecular flexibility index (Phi) is 16.3. The molecule has 2 saturated heterocycles. The fourth-order valence-electron chi connectivity index (χ4n) is 6.88. The lowest BCUT2D eigenvalue weighted by molar-refractivity contribution is -0.363. The molecule has 2 aliphatic heterocycles. The third-order valence-corrected chi connectivity index (χ3v) is 9.18. The van der Waals surface area contributed by atoms with Crippen molar-refractivity contribution in [3.05, 3.63) is 46.6 Å². The molecule has 0 amide bonds. The largest absolute Gasteiger partial charge is 0.507 e. The van der Waals surface area contributed by atoms with E-state index in [0.29, 0.717) is 0 Å². The number of carbonyl (C=O) groups is 8. The van der Waals surface area contributed by atoms with Gasteiger partial charge in [0, 0.05) is 47.1 Å². The second kappa shape index (κ2) is 20.7. The maximum Gasteiger partial charge on any atom is 0.303 e. The summed E-state index contributed by atoms with van der Waals surface area (Å²) in [4.78, 5) is 102. The van der Waals surface area contributed by atoms with Gasteiger partial charge in [0.15, 0.2) is 54.7 Å². The maximum atomic E-state index is 13.9. The molecule has 21 nitrogen and oxygen atoms in total. The first-order valence-electron chi connectivity index (χ1n) is 18.8. The minimum absolute atomic E-state index is 0.137. The molecular weight excluding hydrogens is 816 g/mol. The van der Waals surface area contributed by atoms with Crippen LogP contribution in [0.25, 0.3) is 0 Å². The van der Waals surface area contributed by atoms with Crippen molar-refractivity contribution in [3.63, 3.8) is 0 Å². The first-order chi connectivity index (χ1) is 28.6. The van der Waals surface area contributed by atoms with Gasteiger partial charge in [0.1, 0.15) is 36.4 Å². The molecular formula is C40H48O21. The van der Waals surface area contributed by atoms with Crippen LogP contribution in [-0.2, 0) is 76.1 Å². The van der Waals surface area contributed by atoms with E-state index in [9.17, 15) is 53.7 Å². The SMILES string of the molecule is CC(=O)OC[C@H]1O[C@H](O[C@H]2[C@H](OC(C)=O)[C@@H](OC(C)=O)[C@H](O[C@H](CC=C(C)C)C3=CC(=O)c4c(O)ccc(O)c4C3=O)O[C@@H]2CO)[C@H](OC(C)=O)[C@@H](OC(C)=O)[C@@H]1OC(C)=O. The molecule has 334 valence electrons. The number of ether oxygens (including phenoxy) is 10. The molecule has 11 atom stereocenters. The molecule has 0 saturated carbocycles. The number of aliphatic hydroxyl groups excluding tert-OH is 1. The number of carbonyl (C=O) groups excluding carboxylic acids is 8. The first-order valence-corrected chi connectivity index (χ1v) is 18.8. The fraction of sp³-hybridized carbons (Fsp3) is 0.550. The normalized spacial score (nSPS) is 27.6. The third kappa shape index (κ3) is 12.0. The number of ketones is 2. The molecule has 2 heterocycles. The minimum Gasteiger partial charge on any atom is -0.507 e. The lowest BCUT2D eigenvalue weighted by atomic mass is 9.85. The van der Waals surface area contributed by atoms with Crippen LogP contribution in [0.5, 0.6) is 11.5 Å². The molecule has 0 spiro atoms. The van der Waals surface area contributed by atoms with Crippen molar-refractivity contribution in [2.24, 2.45) is 0 Å². The smallest absolute Gasteiger partial charge is 0.303 e. The summed E-state index contributed by atoms with van der Waals surface area (Å²) in [6.45, 7) is 7.94. The number of hydrogen-bond donors (Lipinski definition) is 3. The lowest BCUT2D eigenvalue weighted by Gasteiger charge is -2.49. The Labute approximate surface area is 348 Å². The van der Waals surface area contributed by atoms with Crippen LogP contribution in [0.3, 0.4) is 0 Å². The molecule has 0 aromatic heterocycles. The van der Waals surface area contributed by atoms with Crippen LogP contribution >= 0.6 is 0 Å². The van der Waals surface area contributed by atoms with Gasteiger partial charge in [-0.15, -0.1) is 0 Å². The Hall–Kier alpha value is -5.74. The lowest BCUT2D eigenvalue weighted by Crippen LogP contribution is -2.67. The summed E-state index contributed by atoms with van der Waals surface area (Å²) in [5.41, 5.74) is -0.533. The zero-order valence-corrected chi connectivity index (χ0v) is 34.5. The van der Waals surface area contributed by atoms with Gasteiger partial charge in [-0.1, -0.05) is 11.6 Å². The summed E-state index contributed by atoms with van der Waals surface area (Å²) < 4.78 is 57.4. The highest BCUT2D eigenvalue weighted by molar-refractivity contribution is 6.27. The van der Waals surface area contributed by atoms with Crippen molar-refractivity contribution in [2.75, 3.05) is 13.2 Å². The van der Waals surface area contributed by atoms with Crippen LogP contribution in [0.4, 0.5) is 0 Å². The van der Waals surface area contributed by atoms with E-state index in [0.717, 1.165) is 65.3 Å². The molecule has 0 unspecified atom stereocenters. The molecule has 0 radical (unpaired) electrons. The molecule has 3 N–H and O–H groups in total. The van der Waals surface area contributed by atoms with Gasteiger partial charge in [-0.05, 0) is 38.5 Å². The number of benzene rings is 1. The predicted molar refractivity (Wildman–Crippen MR) is 199 cm³/mol. The third-order valence-electron chi connectivity index (χ3n) is 9.18. The van der Waals surface area contributed by atoms with E-state index in [4.69, 9.17) is 47.4 Å². The zero-order valence-electron chi connectivity index (χ0n) is 34.5. The summed E-state index contributed by atoms with van der Waals surface area (Å²) in [5.74, 6) is -8.51. The Morgan fingerprint density at radius 3 is 1.62 bits per heavy atom. The van der Waals surface area contributed by atoms with Crippen LogP contribution in [0.15, 0.2) is 35.4 Å². The number of fused-ring (bicyclic) bond motifs is 1. The van der Waals surface area contributed by atoms with Gasteiger partial charge in [-0.25, -0.2) is 0 Å². The number of aliphatic hydroxyl groups is 1. The number of Topliss-reactive ketones (excluding diaryl/α,β-unsaturated/α-hetero) is 1.